The summed E-state index contributed by atoms with van der Waals surface area (Å²) < 4.78 is 3.11. The molecule has 0 aromatic rings. The minimum Gasteiger partial charge on any atom is -0.0654 e. The predicted molar refractivity (Wildman–Crippen MR) is 264 cm³/mol. The molecule has 0 aliphatic heterocycles. The van der Waals surface area contributed by atoms with E-state index in [1.54, 1.807) is 9.15 Å². The van der Waals surface area contributed by atoms with Gasteiger partial charge in [-0.15, -0.1) is 0 Å². The van der Waals surface area contributed by atoms with Crippen molar-refractivity contribution in [3.05, 3.63) is 22.3 Å². The van der Waals surface area contributed by atoms with Crippen molar-refractivity contribution in [2.45, 2.75) is 298 Å². The number of allylic oxidation sites excluding steroid dienone is 1. The Morgan fingerprint density at radius 3 is 1.26 bits per heavy atom. The van der Waals surface area contributed by atoms with Gasteiger partial charge in [0.25, 0.3) is 0 Å². The van der Waals surface area contributed by atoms with Crippen LogP contribution in [0.2, 0.25) is 0 Å². The van der Waals surface area contributed by atoms with Gasteiger partial charge >= 0.3 is 240 Å². The number of hydrogen-bond acceptors (Lipinski definition) is 1. The van der Waals surface area contributed by atoms with E-state index in [1.165, 1.54) is 274 Å². The summed E-state index contributed by atoms with van der Waals surface area (Å²) in [7, 11) is 0. The van der Waals surface area contributed by atoms with Gasteiger partial charge in [0.1, 0.15) is 0 Å². The molecule has 3 atom stereocenters. The third kappa shape index (κ3) is 37.9. The summed E-state index contributed by atoms with van der Waals surface area (Å²) in [6, 6.07) is 0. The van der Waals surface area contributed by atoms with Crippen molar-refractivity contribution >= 4 is 0 Å². The van der Waals surface area contributed by atoms with E-state index in [9.17, 15) is 0 Å². The summed E-state index contributed by atoms with van der Waals surface area (Å²) in [5, 5.41) is 3.80. The van der Waals surface area contributed by atoms with Gasteiger partial charge in [-0.2, -0.15) is 0 Å². The van der Waals surface area contributed by atoms with Crippen LogP contribution < -0.4 is 26.5 Å². The van der Waals surface area contributed by atoms with Crippen molar-refractivity contribution in [1.29, 1.82) is 0 Å². The molecule has 0 radical (unpaired) electrons. The maximum atomic E-state index is 4.71. The molecule has 0 amide bonds. The summed E-state index contributed by atoms with van der Waals surface area (Å²) in [6.45, 7) is 26.1. The number of alkyl halides is 1. The van der Waals surface area contributed by atoms with Crippen LogP contribution in [-0.4, -0.2) is 17.5 Å². The van der Waals surface area contributed by atoms with E-state index in [4.69, 9.17) is 13.2 Å². The number of rotatable bonds is 49. The van der Waals surface area contributed by atoms with Crippen molar-refractivity contribution in [2.75, 3.05) is 17.5 Å². The van der Waals surface area contributed by atoms with Gasteiger partial charge in [0.2, 0.25) is 0 Å². The van der Waals surface area contributed by atoms with Gasteiger partial charge in [0.15, 0.2) is 0 Å². The molecular formula is C56H111IN-. The largest absolute Gasteiger partial charge is 0.0654 e. The van der Waals surface area contributed by atoms with Gasteiger partial charge in [-0.1, -0.05) is 110 Å². The first-order valence-corrected chi connectivity index (χ1v) is 29.6. The molecule has 1 nitrogen and oxygen atoms in total. The number of halogens is 1. The number of nitrogens with one attached hydrogen (secondary N) is 1. The minimum atomic E-state index is 0.131. The Bertz CT molecular complexity index is 790. The van der Waals surface area contributed by atoms with Crippen LogP contribution in [0.4, 0.5) is 0 Å². The normalized spacial score (nSPS) is 13.9. The smallest absolute Gasteiger partial charge is 0.0206 e. The molecule has 0 fully saturated rings. The first kappa shape index (κ1) is 58.2. The third-order valence-corrected chi connectivity index (χ3v) is 16.8. The Morgan fingerprint density at radius 1 is 0.431 bits per heavy atom. The molecule has 348 valence electrons. The molecule has 58 heavy (non-hydrogen) atoms. The van der Waals surface area contributed by atoms with Crippen LogP contribution in [0.1, 0.15) is 298 Å². The SMILES string of the molecule is C=C(CCCCCCC[C@](C)(CCCCCCCC)CCCCCC[I-]C(=C)C(CCCCCCCC)CNCCCC)C(CCCCCC)CCCCCCCC. The van der Waals surface area contributed by atoms with Gasteiger partial charge < -0.3 is 0 Å². The zero-order valence-electron chi connectivity index (χ0n) is 41.4. The molecule has 0 aromatic carbocycles. The van der Waals surface area contributed by atoms with Crippen molar-refractivity contribution in [3.63, 3.8) is 0 Å². The van der Waals surface area contributed by atoms with Crippen LogP contribution in [0, 0.1) is 17.3 Å². The fraction of sp³-hybridized carbons (Fsp3) is 0.929. The monoisotopic (exact) mass is 925 g/mol. The molecule has 0 spiro atoms. The predicted octanol–water partition coefficient (Wildman–Crippen LogP) is 16.7. The molecule has 0 bridgehead atoms. The molecule has 0 aliphatic rings. The Morgan fingerprint density at radius 2 is 0.793 bits per heavy atom. The second-order valence-electron chi connectivity index (χ2n) is 19.6. The molecule has 0 rings (SSSR count). The first-order chi connectivity index (χ1) is 28.4. The van der Waals surface area contributed by atoms with Gasteiger partial charge in [0, 0.05) is 0 Å². The number of unbranched alkanes of at least 4 members (excludes halogenated alkanes) is 26. The van der Waals surface area contributed by atoms with Gasteiger partial charge in [-0.25, -0.2) is 0 Å². The van der Waals surface area contributed by atoms with Crippen molar-refractivity contribution < 1.29 is 21.2 Å². The Labute approximate surface area is 379 Å². The second-order valence-corrected chi connectivity index (χ2v) is 22.8. The molecule has 1 N–H and O–H groups in total. The standard InChI is InChI=1S/C56H111IN/c1-9-14-19-23-28-36-44-54(43-35-22-17-12-4)52(6)42-34-27-26-31-39-47-56(8,46-38-30-25-21-16-11-3)48-40-32-33-41-49-57-53(7)55(51-58-50-18-13-5)45-37-29-24-20-15-10-2/h54-55,58H,6-7,9-51H2,1-5,8H3/q-1/t54?,55?,56-/m0/s1. The zero-order chi connectivity index (χ0) is 42.6. The summed E-state index contributed by atoms with van der Waals surface area (Å²) in [4.78, 5) is 0. The van der Waals surface area contributed by atoms with Crippen molar-refractivity contribution in [2.24, 2.45) is 17.3 Å². The molecule has 0 aromatic heterocycles. The maximum absolute atomic E-state index is 4.71. The summed E-state index contributed by atoms with van der Waals surface area (Å²) in [6.07, 6.45) is 56.5. The molecule has 0 heterocycles. The summed E-state index contributed by atoms with van der Waals surface area (Å²) >= 11 is 0.131. The quantitative estimate of drug-likeness (QED) is 0.0277. The van der Waals surface area contributed by atoms with E-state index < -0.39 is 0 Å². The van der Waals surface area contributed by atoms with Gasteiger partial charge in [-0.3, -0.25) is 0 Å². The van der Waals surface area contributed by atoms with E-state index in [2.05, 4.69) is 46.9 Å². The molecular weight excluding hydrogens is 814 g/mol. The van der Waals surface area contributed by atoms with E-state index in [0.717, 1.165) is 11.8 Å². The summed E-state index contributed by atoms with van der Waals surface area (Å²) in [5.74, 6) is 1.52. The van der Waals surface area contributed by atoms with Crippen molar-refractivity contribution in [3.8, 4) is 0 Å². The van der Waals surface area contributed by atoms with Gasteiger partial charge in [0.05, 0.1) is 0 Å². The fourth-order valence-electron chi connectivity index (χ4n) is 9.30. The Kier molecular flexibility index (Phi) is 45.3. The van der Waals surface area contributed by atoms with E-state index in [-0.39, 0.29) is 21.2 Å². The van der Waals surface area contributed by atoms with Crippen LogP contribution in [0.15, 0.2) is 22.3 Å². The molecule has 0 saturated carbocycles. The summed E-state index contributed by atoms with van der Waals surface area (Å²) in [5.41, 5.74) is 2.17. The third-order valence-electron chi connectivity index (χ3n) is 13.7. The van der Waals surface area contributed by atoms with E-state index >= 15 is 0 Å². The van der Waals surface area contributed by atoms with Crippen molar-refractivity contribution in [1.82, 2.24) is 5.32 Å². The number of hydrogen-bond donors (Lipinski definition) is 1. The fourth-order valence-corrected chi connectivity index (χ4v) is 12.1. The van der Waals surface area contributed by atoms with Crippen LogP contribution in [-0.2, 0) is 0 Å². The Balaban J connectivity index is 4.66. The first-order valence-electron chi connectivity index (χ1n) is 27.0. The minimum absolute atomic E-state index is 0.131. The van der Waals surface area contributed by atoms with Crippen LogP contribution >= 0.6 is 0 Å². The zero-order valence-corrected chi connectivity index (χ0v) is 43.5. The van der Waals surface area contributed by atoms with E-state index in [0.29, 0.717) is 5.41 Å². The van der Waals surface area contributed by atoms with E-state index in [1.807, 2.05) is 0 Å². The van der Waals surface area contributed by atoms with Crippen LogP contribution in [0.3, 0.4) is 0 Å². The molecule has 2 unspecified atom stereocenters. The van der Waals surface area contributed by atoms with Crippen LogP contribution in [0.5, 0.6) is 0 Å². The van der Waals surface area contributed by atoms with Gasteiger partial charge in [-0.05, 0) is 31.6 Å². The molecule has 0 aliphatic carbocycles. The average molecular weight is 925 g/mol. The molecule has 2 heteroatoms. The Hall–Kier alpha value is 0.170. The maximum Gasteiger partial charge on any atom is -0.0206 e. The van der Waals surface area contributed by atoms with Crippen LogP contribution in [0.25, 0.3) is 0 Å². The second kappa shape index (κ2) is 45.2. The molecule has 0 saturated heterocycles. The topological polar surface area (TPSA) is 12.0 Å². The average Bonchev–Trinajstić information content (AvgIpc) is 3.22.